The predicted octanol–water partition coefficient (Wildman–Crippen LogP) is 0.282. The molecule has 1 aromatic heterocycles. The average molecular weight is 626 g/mol. The summed E-state index contributed by atoms with van der Waals surface area (Å²) in [6.07, 6.45) is -2.24. The van der Waals surface area contributed by atoms with E-state index in [0.29, 0.717) is 18.5 Å². The second-order valence-electron chi connectivity index (χ2n) is 8.40. The fourth-order valence-corrected chi connectivity index (χ4v) is 6.90. The number of ether oxygens (including phenoxy) is 1. The Labute approximate surface area is 225 Å². The van der Waals surface area contributed by atoms with Gasteiger partial charge in [0.2, 0.25) is 0 Å². The number of aromatic nitrogens is 2. The first-order valence-corrected chi connectivity index (χ1v) is 16.1. The van der Waals surface area contributed by atoms with E-state index in [4.69, 9.17) is 15.4 Å². The van der Waals surface area contributed by atoms with Gasteiger partial charge in [-0.25, -0.2) is 18.2 Å². The highest BCUT2D eigenvalue weighted by Crippen LogP contribution is 2.66. The number of phosphoric acid groups is 2. The second-order valence-corrected chi connectivity index (χ2v) is 13.4. The van der Waals surface area contributed by atoms with Crippen molar-refractivity contribution in [2.75, 3.05) is 19.0 Å². The van der Waals surface area contributed by atoms with Crippen molar-refractivity contribution in [3.8, 4) is 0 Å². The number of nitrogens with one attached hydrogen (secondary N) is 1. The van der Waals surface area contributed by atoms with Gasteiger partial charge < -0.3 is 35.6 Å². The van der Waals surface area contributed by atoms with Crippen LogP contribution in [0.5, 0.6) is 0 Å². The molecule has 0 radical (unpaired) electrons. The number of amides is 1. The molecule has 2 heterocycles. The lowest BCUT2D eigenvalue weighted by molar-refractivity contribution is -0.0450. The summed E-state index contributed by atoms with van der Waals surface area (Å²) in [5, 5.41) is 12.9. The standard InChI is InChI=1S/C19H25N4O14P3/c1-38(28,29)36-40(32,33)37-39(30,31)34-10-15-14(25)6-16(35-15)23-8-13(17(20)22-19(23)27)7-21-18(26)12-4-2-11(9-24)3-5-12/h2-5,8-9,14-16,25H,6-7,10H2,1H3,(H,21,26)(H,28,29)(H,30,31)(H,32,33)(H2,20,22,27). The van der Waals surface area contributed by atoms with Crippen LogP contribution in [-0.4, -0.2) is 67.0 Å². The molecule has 6 atom stereocenters. The molecule has 0 aliphatic carbocycles. The number of anilines is 1. The van der Waals surface area contributed by atoms with Gasteiger partial charge in [-0.05, 0) is 12.1 Å². The SMILES string of the molecule is CP(=O)(O)OP(=O)(O)OP(=O)(O)OCC1OC(n2cc(CNC(=O)c3ccc(C=O)cc3)c(N)nc2=O)CC1O. The van der Waals surface area contributed by atoms with Crippen LogP contribution in [0.1, 0.15) is 38.9 Å². The fourth-order valence-electron chi connectivity index (χ4n) is 3.42. The number of rotatable bonds is 12. The summed E-state index contributed by atoms with van der Waals surface area (Å²) in [6, 6.07) is 5.79. The first-order chi connectivity index (χ1) is 18.5. The summed E-state index contributed by atoms with van der Waals surface area (Å²) in [5.74, 6) is -0.696. The van der Waals surface area contributed by atoms with Crippen LogP contribution < -0.4 is 16.7 Å². The number of aliphatic hydroxyl groups excluding tert-OH is 1. The Morgan fingerprint density at radius 1 is 1.20 bits per heavy atom. The molecule has 0 spiro atoms. The summed E-state index contributed by atoms with van der Waals surface area (Å²) >= 11 is 0. The van der Waals surface area contributed by atoms with E-state index in [1.807, 2.05) is 0 Å². The van der Waals surface area contributed by atoms with E-state index in [1.54, 1.807) is 0 Å². The molecule has 1 aromatic carbocycles. The predicted molar refractivity (Wildman–Crippen MR) is 134 cm³/mol. The van der Waals surface area contributed by atoms with Gasteiger partial charge in [0.1, 0.15) is 24.4 Å². The van der Waals surface area contributed by atoms with Gasteiger partial charge in [0, 0.05) is 42.5 Å². The van der Waals surface area contributed by atoms with E-state index in [9.17, 15) is 43.0 Å². The number of nitrogen functional groups attached to an aromatic ring is 1. The molecule has 2 aromatic rings. The second kappa shape index (κ2) is 12.5. The van der Waals surface area contributed by atoms with Crippen LogP contribution in [-0.2, 0) is 38.1 Å². The minimum Gasteiger partial charge on any atom is -0.390 e. The number of benzene rings is 1. The van der Waals surface area contributed by atoms with Gasteiger partial charge in [-0.3, -0.25) is 23.2 Å². The number of aliphatic hydroxyl groups is 1. The molecule has 40 heavy (non-hydrogen) atoms. The molecule has 7 N–H and O–H groups in total. The summed E-state index contributed by atoms with van der Waals surface area (Å²) in [4.78, 5) is 67.3. The van der Waals surface area contributed by atoms with Gasteiger partial charge in [0.15, 0.2) is 0 Å². The van der Waals surface area contributed by atoms with Gasteiger partial charge in [-0.1, -0.05) is 12.1 Å². The number of carbonyl (C=O) groups excluding carboxylic acids is 2. The smallest absolute Gasteiger partial charge is 0.390 e. The summed E-state index contributed by atoms with van der Waals surface area (Å²) in [6.45, 7) is -0.507. The molecule has 1 aliphatic heterocycles. The van der Waals surface area contributed by atoms with Crippen LogP contribution in [0.25, 0.3) is 0 Å². The molecular formula is C19H25N4O14P3. The van der Waals surface area contributed by atoms with Gasteiger partial charge in [0.05, 0.1) is 12.7 Å². The van der Waals surface area contributed by atoms with Crippen molar-refractivity contribution in [1.82, 2.24) is 14.9 Å². The molecule has 6 unspecified atom stereocenters. The molecule has 1 amide bonds. The quantitative estimate of drug-likeness (QED) is 0.136. The summed E-state index contributed by atoms with van der Waals surface area (Å²) in [7, 11) is -15.4. The third kappa shape index (κ3) is 8.96. The van der Waals surface area contributed by atoms with E-state index < -0.39 is 59.9 Å². The van der Waals surface area contributed by atoms with E-state index in [-0.39, 0.29) is 29.9 Å². The Morgan fingerprint density at radius 3 is 2.45 bits per heavy atom. The van der Waals surface area contributed by atoms with Crippen molar-refractivity contribution < 1.29 is 61.0 Å². The van der Waals surface area contributed by atoms with Gasteiger partial charge in [-0.15, -0.1) is 0 Å². The molecular weight excluding hydrogens is 601 g/mol. The maximum atomic E-state index is 12.4. The minimum atomic E-state index is -5.49. The number of nitrogens with two attached hydrogens (primary N) is 1. The molecule has 1 saturated heterocycles. The van der Waals surface area contributed by atoms with Crippen LogP contribution in [0.15, 0.2) is 35.3 Å². The largest absolute Gasteiger partial charge is 0.488 e. The maximum absolute atomic E-state index is 12.4. The highest BCUT2D eigenvalue weighted by molar-refractivity contribution is 7.68. The highest BCUT2D eigenvalue weighted by Gasteiger charge is 2.42. The zero-order valence-electron chi connectivity index (χ0n) is 20.5. The van der Waals surface area contributed by atoms with Crippen molar-refractivity contribution in [3.05, 3.63) is 57.6 Å². The van der Waals surface area contributed by atoms with Crippen molar-refractivity contribution in [2.45, 2.75) is 31.4 Å². The zero-order chi connectivity index (χ0) is 29.9. The molecule has 1 fully saturated rings. The molecule has 220 valence electrons. The maximum Gasteiger partial charge on any atom is 0.488 e. The van der Waals surface area contributed by atoms with E-state index in [0.717, 1.165) is 4.57 Å². The van der Waals surface area contributed by atoms with Gasteiger partial charge in [0.25, 0.3) is 5.91 Å². The third-order valence-corrected chi connectivity index (χ3v) is 9.35. The van der Waals surface area contributed by atoms with Crippen molar-refractivity contribution in [2.24, 2.45) is 0 Å². The Kier molecular flexibility index (Phi) is 9.99. The minimum absolute atomic E-state index is 0.165. The van der Waals surface area contributed by atoms with Gasteiger partial charge >= 0.3 is 28.9 Å². The monoisotopic (exact) mass is 626 g/mol. The van der Waals surface area contributed by atoms with Crippen molar-refractivity contribution in [3.63, 3.8) is 0 Å². The molecule has 1 aliphatic rings. The van der Waals surface area contributed by atoms with E-state index >= 15 is 0 Å². The van der Waals surface area contributed by atoms with Crippen LogP contribution in [0.4, 0.5) is 5.82 Å². The molecule has 0 saturated carbocycles. The number of nitrogens with zero attached hydrogens (tertiary/aromatic N) is 2. The molecule has 18 nitrogen and oxygen atoms in total. The fraction of sp³-hybridized carbons (Fsp3) is 0.368. The first-order valence-electron chi connectivity index (χ1n) is 11.1. The van der Waals surface area contributed by atoms with Crippen LogP contribution in [0, 0.1) is 0 Å². The number of carbonyl (C=O) groups is 2. The Balaban J connectivity index is 1.65. The van der Waals surface area contributed by atoms with Crippen LogP contribution >= 0.6 is 23.2 Å². The summed E-state index contributed by atoms with van der Waals surface area (Å²) < 4.78 is 53.5. The first kappa shape index (κ1) is 31.9. The lowest BCUT2D eigenvalue weighted by Crippen LogP contribution is -2.31. The van der Waals surface area contributed by atoms with Gasteiger partial charge in [-0.2, -0.15) is 9.29 Å². The Hall–Kier alpha value is -2.59. The van der Waals surface area contributed by atoms with Crippen LogP contribution in [0.3, 0.4) is 0 Å². The highest BCUT2D eigenvalue weighted by atomic mass is 31.3. The Bertz CT molecular complexity index is 1460. The normalized spacial score (nSPS) is 23.5. The average Bonchev–Trinajstić information content (AvgIpc) is 3.20. The number of hydrogen-bond donors (Lipinski definition) is 6. The van der Waals surface area contributed by atoms with Crippen molar-refractivity contribution in [1.29, 1.82) is 0 Å². The lowest BCUT2D eigenvalue weighted by Gasteiger charge is -2.20. The lowest BCUT2D eigenvalue weighted by atomic mass is 10.1. The zero-order valence-corrected chi connectivity index (χ0v) is 23.2. The van der Waals surface area contributed by atoms with E-state index in [1.165, 1.54) is 30.5 Å². The van der Waals surface area contributed by atoms with Crippen molar-refractivity contribution >= 4 is 41.3 Å². The molecule has 0 bridgehead atoms. The topological polar surface area (TPSA) is 276 Å². The summed E-state index contributed by atoms with van der Waals surface area (Å²) in [5.41, 5.74) is 5.77. The van der Waals surface area contributed by atoms with E-state index in [2.05, 4.69) is 23.4 Å². The van der Waals surface area contributed by atoms with Crippen LogP contribution in [0.2, 0.25) is 0 Å². The molecule has 3 rings (SSSR count). The number of hydrogen-bond acceptors (Lipinski definition) is 13. The Morgan fingerprint density at radius 2 is 1.85 bits per heavy atom. The molecule has 21 heteroatoms. The number of aldehydes is 1. The third-order valence-electron chi connectivity index (χ3n) is 5.19. The number of phosphoric ester groups is 1.